The molecule has 1 aromatic carbocycles. The van der Waals surface area contributed by atoms with E-state index in [9.17, 15) is 0 Å². The van der Waals surface area contributed by atoms with Crippen LogP contribution in [-0.2, 0) is 6.42 Å². The second-order valence-electron chi connectivity index (χ2n) is 3.68. The smallest absolute Gasteiger partial charge is 0.119 e. The second-order valence-corrected chi connectivity index (χ2v) is 3.68. The van der Waals surface area contributed by atoms with Gasteiger partial charge in [-0.3, -0.25) is 0 Å². The SMILES string of the molecule is CCCOc1cccc(CC(C)N)c1.Cl. The fourth-order valence-electron chi connectivity index (χ4n) is 1.35. The number of hydrogen-bond donors (Lipinski definition) is 1. The molecular formula is C12H20ClNO. The van der Waals surface area contributed by atoms with Crippen LogP contribution in [0.2, 0.25) is 0 Å². The molecule has 2 nitrogen and oxygen atoms in total. The van der Waals surface area contributed by atoms with Gasteiger partial charge >= 0.3 is 0 Å². The predicted molar refractivity (Wildman–Crippen MR) is 66.8 cm³/mol. The molecule has 0 spiro atoms. The first-order chi connectivity index (χ1) is 6.72. The summed E-state index contributed by atoms with van der Waals surface area (Å²) in [5.74, 6) is 0.949. The minimum absolute atomic E-state index is 0. The molecule has 1 rings (SSSR count). The molecule has 0 aliphatic heterocycles. The van der Waals surface area contributed by atoms with Crippen LogP contribution in [0.15, 0.2) is 24.3 Å². The quantitative estimate of drug-likeness (QED) is 0.843. The van der Waals surface area contributed by atoms with Crippen molar-refractivity contribution in [3.63, 3.8) is 0 Å². The van der Waals surface area contributed by atoms with Gasteiger partial charge in [0.05, 0.1) is 6.61 Å². The Morgan fingerprint density at radius 3 is 2.73 bits per heavy atom. The third-order valence-corrected chi connectivity index (χ3v) is 1.93. The van der Waals surface area contributed by atoms with Crippen molar-refractivity contribution in [1.82, 2.24) is 0 Å². The molecule has 1 aromatic rings. The van der Waals surface area contributed by atoms with E-state index in [-0.39, 0.29) is 18.4 Å². The van der Waals surface area contributed by atoms with Crippen LogP contribution in [0, 0.1) is 0 Å². The summed E-state index contributed by atoms with van der Waals surface area (Å²) in [5, 5.41) is 0. The highest BCUT2D eigenvalue weighted by Crippen LogP contribution is 2.14. The summed E-state index contributed by atoms with van der Waals surface area (Å²) in [6, 6.07) is 8.36. The molecule has 0 bridgehead atoms. The Hall–Kier alpha value is -0.730. The molecule has 15 heavy (non-hydrogen) atoms. The zero-order valence-electron chi connectivity index (χ0n) is 9.40. The normalized spacial score (nSPS) is 11.7. The highest BCUT2D eigenvalue weighted by atomic mass is 35.5. The van der Waals surface area contributed by atoms with Gasteiger partial charge in [0, 0.05) is 6.04 Å². The first kappa shape index (κ1) is 14.3. The van der Waals surface area contributed by atoms with Crippen molar-refractivity contribution in [2.75, 3.05) is 6.61 Å². The third-order valence-electron chi connectivity index (χ3n) is 1.93. The van der Waals surface area contributed by atoms with Crippen molar-refractivity contribution in [2.24, 2.45) is 5.73 Å². The van der Waals surface area contributed by atoms with Crippen molar-refractivity contribution >= 4 is 12.4 Å². The maximum Gasteiger partial charge on any atom is 0.119 e. The van der Waals surface area contributed by atoms with Gasteiger partial charge in [0.25, 0.3) is 0 Å². The third kappa shape index (κ3) is 5.65. The Morgan fingerprint density at radius 1 is 1.40 bits per heavy atom. The summed E-state index contributed by atoms with van der Waals surface area (Å²) >= 11 is 0. The maximum absolute atomic E-state index is 5.73. The van der Waals surface area contributed by atoms with E-state index in [4.69, 9.17) is 10.5 Å². The van der Waals surface area contributed by atoms with Crippen LogP contribution in [0.5, 0.6) is 5.75 Å². The molecule has 3 heteroatoms. The highest BCUT2D eigenvalue weighted by molar-refractivity contribution is 5.85. The summed E-state index contributed by atoms with van der Waals surface area (Å²) in [5.41, 5.74) is 6.98. The Balaban J connectivity index is 0.00000196. The lowest BCUT2D eigenvalue weighted by molar-refractivity contribution is 0.317. The van der Waals surface area contributed by atoms with E-state index in [0.29, 0.717) is 0 Å². The monoisotopic (exact) mass is 229 g/mol. The van der Waals surface area contributed by atoms with Gasteiger partial charge in [0.15, 0.2) is 0 Å². The molecule has 0 aliphatic rings. The first-order valence-electron chi connectivity index (χ1n) is 5.19. The van der Waals surface area contributed by atoms with Crippen molar-refractivity contribution < 1.29 is 4.74 Å². The number of halogens is 1. The molecule has 0 fully saturated rings. The molecule has 0 amide bonds. The summed E-state index contributed by atoms with van der Waals surface area (Å²) in [6.07, 6.45) is 1.95. The van der Waals surface area contributed by atoms with Gasteiger partial charge in [-0.2, -0.15) is 0 Å². The van der Waals surface area contributed by atoms with Gasteiger partial charge in [-0.25, -0.2) is 0 Å². The van der Waals surface area contributed by atoms with Crippen LogP contribution in [0.3, 0.4) is 0 Å². The number of benzene rings is 1. The number of hydrogen-bond acceptors (Lipinski definition) is 2. The van der Waals surface area contributed by atoms with Crippen molar-refractivity contribution in [2.45, 2.75) is 32.7 Å². The van der Waals surface area contributed by atoms with E-state index in [1.54, 1.807) is 0 Å². The fourth-order valence-corrected chi connectivity index (χ4v) is 1.35. The van der Waals surface area contributed by atoms with E-state index in [0.717, 1.165) is 25.2 Å². The van der Waals surface area contributed by atoms with Crippen LogP contribution in [0.1, 0.15) is 25.8 Å². The lowest BCUT2D eigenvalue weighted by Gasteiger charge is -2.08. The van der Waals surface area contributed by atoms with Gasteiger partial charge in [0.2, 0.25) is 0 Å². The van der Waals surface area contributed by atoms with Gasteiger partial charge in [-0.1, -0.05) is 19.1 Å². The van der Waals surface area contributed by atoms with Crippen molar-refractivity contribution in [1.29, 1.82) is 0 Å². The lowest BCUT2D eigenvalue weighted by atomic mass is 10.1. The number of ether oxygens (including phenoxy) is 1. The van der Waals surface area contributed by atoms with E-state index in [2.05, 4.69) is 19.1 Å². The topological polar surface area (TPSA) is 35.2 Å². The average molecular weight is 230 g/mol. The highest BCUT2D eigenvalue weighted by Gasteiger charge is 1.99. The Kier molecular flexibility index (Phi) is 7.18. The van der Waals surface area contributed by atoms with Crippen LogP contribution >= 0.6 is 12.4 Å². The molecular weight excluding hydrogens is 210 g/mol. The Bertz CT molecular complexity index is 276. The van der Waals surface area contributed by atoms with Gasteiger partial charge < -0.3 is 10.5 Å². The van der Waals surface area contributed by atoms with Crippen LogP contribution < -0.4 is 10.5 Å². The first-order valence-corrected chi connectivity index (χ1v) is 5.19. The lowest BCUT2D eigenvalue weighted by Crippen LogP contribution is -2.17. The largest absolute Gasteiger partial charge is 0.494 e. The molecule has 0 saturated carbocycles. The number of rotatable bonds is 5. The minimum atomic E-state index is 0. The Morgan fingerprint density at radius 2 is 2.13 bits per heavy atom. The molecule has 1 unspecified atom stereocenters. The molecule has 86 valence electrons. The zero-order valence-corrected chi connectivity index (χ0v) is 10.2. The molecule has 1 atom stereocenters. The molecule has 0 aromatic heterocycles. The Labute approximate surface area is 98.2 Å². The molecule has 0 heterocycles. The zero-order chi connectivity index (χ0) is 10.4. The fraction of sp³-hybridized carbons (Fsp3) is 0.500. The van der Waals surface area contributed by atoms with E-state index in [1.807, 2.05) is 19.1 Å². The minimum Gasteiger partial charge on any atom is -0.494 e. The number of nitrogens with two attached hydrogens (primary N) is 1. The van der Waals surface area contributed by atoms with Crippen LogP contribution in [-0.4, -0.2) is 12.6 Å². The van der Waals surface area contributed by atoms with E-state index >= 15 is 0 Å². The average Bonchev–Trinajstić information content (AvgIpc) is 2.14. The van der Waals surface area contributed by atoms with Crippen molar-refractivity contribution in [3.8, 4) is 5.75 Å². The standard InChI is InChI=1S/C12H19NO.ClH/c1-3-7-14-12-6-4-5-11(9-12)8-10(2)13;/h4-6,9-10H,3,7-8,13H2,1-2H3;1H. The summed E-state index contributed by atoms with van der Waals surface area (Å²) in [7, 11) is 0. The second kappa shape index (κ2) is 7.55. The van der Waals surface area contributed by atoms with E-state index < -0.39 is 0 Å². The maximum atomic E-state index is 5.73. The summed E-state index contributed by atoms with van der Waals surface area (Å²) < 4.78 is 5.54. The predicted octanol–water partition coefficient (Wildman–Crippen LogP) is 2.79. The van der Waals surface area contributed by atoms with E-state index in [1.165, 1.54) is 5.56 Å². The van der Waals surface area contributed by atoms with Crippen LogP contribution in [0.4, 0.5) is 0 Å². The summed E-state index contributed by atoms with van der Waals surface area (Å²) in [6.45, 7) is 4.90. The van der Waals surface area contributed by atoms with Gasteiger partial charge in [0.1, 0.15) is 5.75 Å². The van der Waals surface area contributed by atoms with Crippen LogP contribution in [0.25, 0.3) is 0 Å². The van der Waals surface area contributed by atoms with Gasteiger partial charge in [-0.05, 0) is 37.5 Å². The summed E-state index contributed by atoms with van der Waals surface area (Å²) in [4.78, 5) is 0. The van der Waals surface area contributed by atoms with Crippen molar-refractivity contribution in [3.05, 3.63) is 29.8 Å². The molecule has 0 aliphatic carbocycles. The molecule has 0 saturated heterocycles. The molecule has 2 N–H and O–H groups in total. The molecule has 0 radical (unpaired) electrons. The van der Waals surface area contributed by atoms with Gasteiger partial charge in [-0.15, -0.1) is 12.4 Å².